The van der Waals surface area contributed by atoms with E-state index in [1.165, 1.54) is 6.07 Å². The average molecular weight is 338 g/mol. The zero-order valence-electron chi connectivity index (χ0n) is 13.2. The molecule has 0 aliphatic heterocycles. The second-order valence-corrected chi connectivity index (χ2v) is 6.34. The topological polar surface area (TPSA) is 115 Å². The number of rotatable bonds is 0. The Morgan fingerprint density at radius 3 is 2.12 bits per heavy atom. The van der Waals surface area contributed by atoms with E-state index in [9.17, 15) is 30.0 Å². The number of aliphatic hydroxyl groups excluding tert-OH is 1. The summed E-state index contributed by atoms with van der Waals surface area (Å²) in [5.41, 5.74) is 0.574. The number of carbonyl (C=O) groups excluding carboxylic acids is 2. The van der Waals surface area contributed by atoms with E-state index >= 15 is 0 Å². The number of ketones is 2. The molecule has 2 aliphatic rings. The van der Waals surface area contributed by atoms with E-state index in [0.29, 0.717) is 5.56 Å². The lowest BCUT2D eigenvalue weighted by Gasteiger charge is -2.31. The summed E-state index contributed by atoms with van der Waals surface area (Å²) in [5, 5.41) is 40.8. The van der Waals surface area contributed by atoms with Crippen LogP contribution in [0.15, 0.2) is 29.8 Å². The predicted octanol–water partition coefficient (Wildman–Crippen LogP) is 1.86. The number of aromatic hydroxyl groups is 3. The Balaban J connectivity index is 2.10. The zero-order valence-corrected chi connectivity index (χ0v) is 13.2. The fourth-order valence-electron chi connectivity index (χ4n) is 3.70. The van der Waals surface area contributed by atoms with Crippen molar-refractivity contribution in [3.05, 3.63) is 57.7 Å². The maximum Gasteiger partial charge on any atom is 0.198 e. The third-order valence-corrected chi connectivity index (χ3v) is 4.70. The smallest absolute Gasteiger partial charge is 0.198 e. The molecule has 1 atom stereocenters. The van der Waals surface area contributed by atoms with Crippen molar-refractivity contribution in [1.82, 2.24) is 0 Å². The molecule has 6 heteroatoms. The van der Waals surface area contributed by atoms with Crippen molar-refractivity contribution >= 4 is 17.1 Å². The van der Waals surface area contributed by atoms with Crippen LogP contribution in [-0.4, -0.2) is 38.1 Å². The summed E-state index contributed by atoms with van der Waals surface area (Å²) >= 11 is 0. The largest absolute Gasteiger partial charge is 0.507 e. The van der Waals surface area contributed by atoms with Crippen molar-refractivity contribution in [2.75, 3.05) is 0 Å². The highest BCUT2D eigenvalue weighted by atomic mass is 16.3. The minimum atomic E-state index is -1.24. The predicted molar refractivity (Wildman–Crippen MR) is 87.9 cm³/mol. The van der Waals surface area contributed by atoms with Crippen LogP contribution in [0.1, 0.15) is 37.4 Å². The number of aryl methyl sites for hydroxylation is 1. The first-order valence-electron chi connectivity index (χ1n) is 7.70. The van der Waals surface area contributed by atoms with Gasteiger partial charge in [-0.2, -0.15) is 0 Å². The number of phenolic OH excluding ortho intramolecular Hbond substituents is 3. The molecule has 0 radical (unpaired) electrons. The lowest BCUT2D eigenvalue weighted by atomic mass is 9.72. The summed E-state index contributed by atoms with van der Waals surface area (Å²) in [6.07, 6.45) is -1.17. The van der Waals surface area contributed by atoms with Crippen molar-refractivity contribution in [2.45, 2.75) is 19.4 Å². The first-order valence-corrected chi connectivity index (χ1v) is 7.70. The number of Topliss-reactive ketones (excluding diaryl/α,β-unsaturated/α-hetero) is 2. The van der Waals surface area contributed by atoms with Crippen molar-refractivity contribution in [3.63, 3.8) is 0 Å². The van der Waals surface area contributed by atoms with Gasteiger partial charge in [-0.25, -0.2) is 0 Å². The van der Waals surface area contributed by atoms with Gasteiger partial charge in [0.25, 0.3) is 0 Å². The molecule has 126 valence electrons. The third kappa shape index (κ3) is 1.94. The van der Waals surface area contributed by atoms with Gasteiger partial charge in [-0.05, 0) is 36.2 Å². The van der Waals surface area contributed by atoms with E-state index in [0.717, 1.165) is 17.7 Å². The summed E-state index contributed by atoms with van der Waals surface area (Å²) in [6.45, 7) is 1.77. The summed E-state index contributed by atoms with van der Waals surface area (Å²) < 4.78 is 0. The van der Waals surface area contributed by atoms with Crippen LogP contribution < -0.4 is 0 Å². The standard InChI is InChI=1S/C19H14O6/c1-7-4-8-6-12(23)16-17(13(8)11(22)5-7)19(25)15-10(21)3-2-9(20)14(15)18(16)24/h2-5,12,20-23H,6H2,1H3/t12-/m1/s1. The molecule has 0 unspecified atom stereocenters. The van der Waals surface area contributed by atoms with Gasteiger partial charge in [-0.3, -0.25) is 9.59 Å². The highest BCUT2D eigenvalue weighted by Crippen LogP contribution is 2.46. The highest BCUT2D eigenvalue weighted by molar-refractivity contribution is 6.42. The molecule has 0 fully saturated rings. The lowest BCUT2D eigenvalue weighted by molar-refractivity contribution is 0.0946. The van der Waals surface area contributed by atoms with E-state index in [1.54, 1.807) is 13.0 Å². The van der Waals surface area contributed by atoms with Gasteiger partial charge in [-0.15, -0.1) is 0 Å². The lowest BCUT2D eigenvalue weighted by Crippen LogP contribution is -2.33. The first kappa shape index (κ1) is 15.4. The normalized spacial score (nSPS) is 18.7. The van der Waals surface area contributed by atoms with Crippen LogP contribution in [0.3, 0.4) is 0 Å². The zero-order chi connectivity index (χ0) is 18.0. The molecular weight excluding hydrogens is 324 g/mol. The average Bonchev–Trinajstić information content (AvgIpc) is 2.53. The van der Waals surface area contributed by atoms with Gasteiger partial charge in [-0.1, -0.05) is 6.07 Å². The molecule has 0 bridgehead atoms. The minimum Gasteiger partial charge on any atom is -0.507 e. The maximum absolute atomic E-state index is 13.0. The summed E-state index contributed by atoms with van der Waals surface area (Å²) in [5.74, 6) is -2.48. The fraction of sp³-hybridized carbons (Fsp3) is 0.158. The van der Waals surface area contributed by atoms with E-state index in [2.05, 4.69) is 0 Å². The van der Waals surface area contributed by atoms with E-state index in [4.69, 9.17) is 0 Å². The van der Waals surface area contributed by atoms with Gasteiger partial charge in [0.2, 0.25) is 0 Å². The van der Waals surface area contributed by atoms with E-state index < -0.39 is 29.2 Å². The van der Waals surface area contributed by atoms with Gasteiger partial charge in [0.1, 0.15) is 17.2 Å². The molecule has 0 aromatic heterocycles. The van der Waals surface area contributed by atoms with Crippen molar-refractivity contribution in [2.24, 2.45) is 0 Å². The third-order valence-electron chi connectivity index (χ3n) is 4.70. The second-order valence-electron chi connectivity index (χ2n) is 6.34. The number of benzene rings is 2. The first-order chi connectivity index (χ1) is 11.8. The molecule has 0 saturated heterocycles. The SMILES string of the molecule is Cc1cc(O)c2c(c1)C[C@@H](O)C1=C2C(=O)c2c(O)ccc(O)c2C1=O. The van der Waals surface area contributed by atoms with Gasteiger partial charge in [0.15, 0.2) is 11.6 Å². The van der Waals surface area contributed by atoms with Gasteiger partial charge >= 0.3 is 0 Å². The van der Waals surface area contributed by atoms with E-state index in [-0.39, 0.29) is 40.0 Å². The molecule has 6 nitrogen and oxygen atoms in total. The Morgan fingerprint density at radius 1 is 0.880 bits per heavy atom. The maximum atomic E-state index is 13.0. The van der Waals surface area contributed by atoms with E-state index in [1.807, 2.05) is 0 Å². The van der Waals surface area contributed by atoms with Crippen molar-refractivity contribution < 1.29 is 30.0 Å². The summed E-state index contributed by atoms with van der Waals surface area (Å²) in [6, 6.07) is 5.45. The number of hydrogen-bond donors (Lipinski definition) is 4. The van der Waals surface area contributed by atoms with Crippen LogP contribution >= 0.6 is 0 Å². The Kier molecular flexibility index (Phi) is 3.04. The fourth-order valence-corrected chi connectivity index (χ4v) is 3.70. The molecule has 2 aliphatic carbocycles. The van der Waals surface area contributed by atoms with Crippen LogP contribution in [0.25, 0.3) is 5.57 Å². The molecule has 2 aromatic rings. The molecule has 0 saturated carbocycles. The monoisotopic (exact) mass is 338 g/mol. The number of aliphatic hydroxyl groups is 1. The van der Waals surface area contributed by atoms with Crippen molar-refractivity contribution in [1.29, 1.82) is 0 Å². The molecule has 0 spiro atoms. The number of hydrogen-bond acceptors (Lipinski definition) is 6. The summed E-state index contributed by atoms with van der Waals surface area (Å²) in [4.78, 5) is 25.9. The number of carbonyl (C=O) groups is 2. The molecule has 4 rings (SSSR count). The van der Waals surface area contributed by atoms with Crippen LogP contribution in [-0.2, 0) is 6.42 Å². The van der Waals surface area contributed by atoms with Crippen LogP contribution in [0.4, 0.5) is 0 Å². The van der Waals surface area contributed by atoms with Crippen LogP contribution in [0.2, 0.25) is 0 Å². The molecule has 0 heterocycles. The molecule has 4 N–H and O–H groups in total. The summed E-state index contributed by atoms with van der Waals surface area (Å²) in [7, 11) is 0. The number of phenols is 3. The van der Waals surface area contributed by atoms with Gasteiger partial charge in [0, 0.05) is 23.1 Å². The molecule has 0 amide bonds. The van der Waals surface area contributed by atoms with Crippen molar-refractivity contribution in [3.8, 4) is 17.2 Å². The number of fused-ring (bicyclic) bond motifs is 3. The minimum absolute atomic E-state index is 0.0668. The van der Waals surface area contributed by atoms with Gasteiger partial charge in [0.05, 0.1) is 17.2 Å². The Labute approximate surface area is 142 Å². The van der Waals surface area contributed by atoms with Gasteiger partial charge < -0.3 is 20.4 Å². The quantitative estimate of drug-likeness (QED) is 0.545. The highest BCUT2D eigenvalue weighted by Gasteiger charge is 2.43. The Hall–Kier alpha value is -3.12. The molecular formula is C19H14O6. The van der Waals surface area contributed by atoms with Crippen LogP contribution in [0.5, 0.6) is 17.2 Å². The number of allylic oxidation sites excluding steroid dienone is 1. The Morgan fingerprint density at radius 2 is 1.48 bits per heavy atom. The Bertz CT molecular complexity index is 1020. The van der Waals surface area contributed by atoms with Crippen LogP contribution in [0, 0.1) is 6.92 Å². The molecule has 2 aromatic carbocycles. The second kappa shape index (κ2) is 4.94. The molecule has 25 heavy (non-hydrogen) atoms.